The van der Waals surface area contributed by atoms with E-state index in [4.69, 9.17) is 10.5 Å². The maximum atomic E-state index is 11.5. The molecule has 0 aromatic heterocycles. The summed E-state index contributed by atoms with van der Waals surface area (Å²) in [6.07, 6.45) is 0.181. The van der Waals surface area contributed by atoms with Gasteiger partial charge in [0.1, 0.15) is 5.60 Å². The molecule has 1 heterocycles. The van der Waals surface area contributed by atoms with Gasteiger partial charge in [-0.25, -0.2) is 9.59 Å². The van der Waals surface area contributed by atoms with Crippen molar-refractivity contribution in [3.05, 3.63) is 0 Å². The lowest BCUT2D eigenvalue weighted by Gasteiger charge is -2.25. The van der Waals surface area contributed by atoms with Crippen LogP contribution >= 0.6 is 0 Å². The quantitative estimate of drug-likeness (QED) is 0.476. The summed E-state index contributed by atoms with van der Waals surface area (Å²) in [6, 6.07) is 0. The molecule has 1 atom stereocenters. The molecule has 5 nitrogen and oxygen atoms in total. The summed E-state index contributed by atoms with van der Waals surface area (Å²) < 4.78 is 9.67. The number of rotatable bonds is 1. The van der Waals surface area contributed by atoms with E-state index in [1.54, 1.807) is 20.8 Å². The van der Waals surface area contributed by atoms with Crippen LogP contribution < -0.4 is 5.73 Å². The van der Waals surface area contributed by atoms with Gasteiger partial charge in [-0.2, -0.15) is 0 Å². The molecule has 0 aliphatic carbocycles. The van der Waals surface area contributed by atoms with E-state index >= 15 is 0 Å². The van der Waals surface area contributed by atoms with Crippen LogP contribution in [0.3, 0.4) is 0 Å². The highest BCUT2D eigenvalue weighted by atomic mass is 16.6. The van der Waals surface area contributed by atoms with Crippen LogP contribution in [0.4, 0.5) is 0 Å². The van der Waals surface area contributed by atoms with Gasteiger partial charge in [-0.15, -0.1) is 0 Å². The molecule has 14 heavy (non-hydrogen) atoms. The number of ether oxygens (including phenoxy) is 2. The molecular formula is C9H15NO4. The van der Waals surface area contributed by atoms with E-state index < -0.39 is 23.1 Å². The number of carbonyl (C=O) groups is 2. The van der Waals surface area contributed by atoms with E-state index in [-0.39, 0.29) is 13.0 Å². The van der Waals surface area contributed by atoms with E-state index in [0.717, 1.165) is 0 Å². The number of hydrogen-bond donors (Lipinski definition) is 1. The zero-order valence-corrected chi connectivity index (χ0v) is 8.62. The fraction of sp³-hybridized carbons (Fsp3) is 0.778. The first-order valence-corrected chi connectivity index (χ1v) is 4.45. The summed E-state index contributed by atoms with van der Waals surface area (Å²) in [5.74, 6) is -1.42. The second kappa shape index (κ2) is 3.24. The third kappa shape index (κ3) is 2.04. The van der Waals surface area contributed by atoms with Gasteiger partial charge in [0, 0.05) is 6.42 Å². The lowest BCUT2D eigenvalue weighted by atomic mass is 9.99. The number of hydrogen-bond acceptors (Lipinski definition) is 5. The zero-order valence-electron chi connectivity index (χ0n) is 8.62. The fourth-order valence-electron chi connectivity index (χ4n) is 1.09. The van der Waals surface area contributed by atoms with Gasteiger partial charge < -0.3 is 15.2 Å². The molecule has 0 saturated carbocycles. The lowest BCUT2D eigenvalue weighted by Crippen LogP contribution is -2.54. The van der Waals surface area contributed by atoms with Crippen LogP contribution in [0.5, 0.6) is 0 Å². The predicted molar refractivity (Wildman–Crippen MR) is 48.3 cm³/mol. The Balaban J connectivity index is 2.74. The standard InChI is InChI=1S/C9H15NO4/c1-8(2,3)14-7(12)9(10)4-5-13-6(9)11/h4-5,10H2,1-3H3/t9-/m0/s1. The summed E-state index contributed by atoms with van der Waals surface area (Å²) in [5.41, 5.74) is 3.35. The first-order chi connectivity index (χ1) is 6.26. The third-order valence-electron chi connectivity index (χ3n) is 1.86. The van der Waals surface area contributed by atoms with Crippen molar-refractivity contribution >= 4 is 11.9 Å². The summed E-state index contributed by atoms with van der Waals surface area (Å²) >= 11 is 0. The van der Waals surface area contributed by atoms with Crippen LogP contribution in [0, 0.1) is 0 Å². The smallest absolute Gasteiger partial charge is 0.338 e. The van der Waals surface area contributed by atoms with Crippen LogP contribution in [0.25, 0.3) is 0 Å². The van der Waals surface area contributed by atoms with Gasteiger partial charge in [-0.1, -0.05) is 0 Å². The number of cyclic esters (lactones) is 1. The molecule has 1 fully saturated rings. The maximum Gasteiger partial charge on any atom is 0.338 e. The summed E-state index contributed by atoms with van der Waals surface area (Å²) in [4.78, 5) is 22.7. The zero-order chi connectivity index (χ0) is 11.0. The van der Waals surface area contributed by atoms with Crippen molar-refractivity contribution in [2.24, 2.45) is 5.73 Å². The molecule has 80 valence electrons. The Morgan fingerprint density at radius 2 is 2.14 bits per heavy atom. The molecule has 0 unspecified atom stereocenters. The van der Waals surface area contributed by atoms with E-state index in [1.807, 2.05) is 0 Å². The highest BCUT2D eigenvalue weighted by molar-refractivity contribution is 6.05. The molecule has 1 aliphatic heterocycles. The van der Waals surface area contributed by atoms with E-state index in [1.165, 1.54) is 0 Å². The van der Waals surface area contributed by atoms with Crippen molar-refractivity contribution in [3.8, 4) is 0 Å². The van der Waals surface area contributed by atoms with Gasteiger partial charge in [0.05, 0.1) is 6.61 Å². The van der Waals surface area contributed by atoms with Gasteiger partial charge in [-0.05, 0) is 20.8 Å². The average Bonchev–Trinajstić information content (AvgIpc) is 2.30. The Bertz CT molecular complexity index is 268. The molecular weight excluding hydrogens is 186 g/mol. The summed E-state index contributed by atoms with van der Waals surface area (Å²) in [5, 5.41) is 0. The summed E-state index contributed by atoms with van der Waals surface area (Å²) in [6.45, 7) is 5.33. The van der Waals surface area contributed by atoms with E-state index in [0.29, 0.717) is 0 Å². The van der Waals surface area contributed by atoms with Crippen molar-refractivity contribution in [2.45, 2.75) is 38.3 Å². The fourth-order valence-corrected chi connectivity index (χ4v) is 1.09. The monoisotopic (exact) mass is 201 g/mol. The third-order valence-corrected chi connectivity index (χ3v) is 1.86. The van der Waals surface area contributed by atoms with Crippen molar-refractivity contribution < 1.29 is 19.1 Å². The lowest BCUT2D eigenvalue weighted by molar-refractivity contribution is -0.166. The van der Waals surface area contributed by atoms with Crippen molar-refractivity contribution in [1.82, 2.24) is 0 Å². The van der Waals surface area contributed by atoms with Gasteiger partial charge in [0.25, 0.3) is 0 Å². The van der Waals surface area contributed by atoms with Crippen LogP contribution in [0.1, 0.15) is 27.2 Å². The Hall–Kier alpha value is -1.10. The minimum absolute atomic E-state index is 0.175. The van der Waals surface area contributed by atoms with Crippen LogP contribution in [-0.4, -0.2) is 29.7 Å². The molecule has 0 spiro atoms. The molecule has 5 heteroatoms. The van der Waals surface area contributed by atoms with Crippen molar-refractivity contribution in [3.63, 3.8) is 0 Å². The van der Waals surface area contributed by atoms with Crippen LogP contribution in [0.15, 0.2) is 0 Å². The second-order valence-electron chi connectivity index (χ2n) is 4.36. The molecule has 0 aromatic rings. The van der Waals surface area contributed by atoms with Crippen LogP contribution in [0.2, 0.25) is 0 Å². The molecule has 1 rings (SSSR count). The Kier molecular flexibility index (Phi) is 2.54. The molecule has 1 aliphatic rings. The Morgan fingerprint density at radius 3 is 2.50 bits per heavy atom. The Morgan fingerprint density at radius 1 is 1.57 bits per heavy atom. The second-order valence-corrected chi connectivity index (χ2v) is 4.36. The summed E-state index contributed by atoms with van der Waals surface area (Å²) in [7, 11) is 0. The minimum atomic E-state index is -1.60. The van der Waals surface area contributed by atoms with Gasteiger partial charge in [0.2, 0.25) is 5.54 Å². The van der Waals surface area contributed by atoms with Crippen LogP contribution in [-0.2, 0) is 19.1 Å². The number of carbonyl (C=O) groups excluding carboxylic acids is 2. The average molecular weight is 201 g/mol. The molecule has 2 N–H and O–H groups in total. The SMILES string of the molecule is CC(C)(C)OC(=O)[C@]1(N)CCOC1=O. The molecule has 0 aromatic carbocycles. The maximum absolute atomic E-state index is 11.5. The van der Waals surface area contributed by atoms with Gasteiger partial charge in [-0.3, -0.25) is 0 Å². The first kappa shape index (κ1) is 11.0. The first-order valence-electron chi connectivity index (χ1n) is 4.45. The number of esters is 2. The Labute approximate surface area is 82.5 Å². The molecule has 0 amide bonds. The predicted octanol–water partition coefficient (Wildman–Crippen LogP) is -0.0275. The molecule has 0 radical (unpaired) electrons. The highest BCUT2D eigenvalue weighted by Gasteiger charge is 2.50. The van der Waals surface area contributed by atoms with Crippen molar-refractivity contribution in [2.75, 3.05) is 6.61 Å². The van der Waals surface area contributed by atoms with Crippen molar-refractivity contribution in [1.29, 1.82) is 0 Å². The normalized spacial score (nSPS) is 27.3. The van der Waals surface area contributed by atoms with Gasteiger partial charge in [0.15, 0.2) is 0 Å². The van der Waals surface area contributed by atoms with Gasteiger partial charge >= 0.3 is 11.9 Å². The molecule has 0 bridgehead atoms. The highest BCUT2D eigenvalue weighted by Crippen LogP contribution is 2.21. The minimum Gasteiger partial charge on any atom is -0.464 e. The molecule has 1 saturated heterocycles. The number of nitrogens with two attached hydrogens (primary N) is 1. The van der Waals surface area contributed by atoms with E-state index in [9.17, 15) is 9.59 Å². The largest absolute Gasteiger partial charge is 0.464 e. The topological polar surface area (TPSA) is 78.6 Å². The van der Waals surface area contributed by atoms with E-state index in [2.05, 4.69) is 4.74 Å².